The van der Waals surface area contributed by atoms with Crippen molar-refractivity contribution in [1.29, 1.82) is 0 Å². The summed E-state index contributed by atoms with van der Waals surface area (Å²) in [6.45, 7) is 2.47. The van der Waals surface area contributed by atoms with Crippen LogP contribution in [0.5, 0.6) is 0 Å². The lowest BCUT2D eigenvalue weighted by Gasteiger charge is -2.17. The number of carbonyl (C=O) groups is 2. The van der Waals surface area contributed by atoms with Crippen molar-refractivity contribution < 1.29 is 14.3 Å². The van der Waals surface area contributed by atoms with E-state index in [9.17, 15) is 9.59 Å². The van der Waals surface area contributed by atoms with Crippen LogP contribution in [-0.2, 0) is 17.9 Å². The molecule has 0 bridgehead atoms. The van der Waals surface area contributed by atoms with Crippen LogP contribution in [0.3, 0.4) is 0 Å². The second kappa shape index (κ2) is 9.89. The van der Waals surface area contributed by atoms with E-state index >= 15 is 0 Å². The number of amides is 2. The first kappa shape index (κ1) is 21.3. The number of carbonyl (C=O) groups excluding carboxylic acids is 2. The fraction of sp³-hybridized carbons (Fsp3) is 0.174. The van der Waals surface area contributed by atoms with Gasteiger partial charge < -0.3 is 9.64 Å². The number of aryl methyl sites for hydroxylation is 1. The first-order valence-corrected chi connectivity index (χ1v) is 9.74. The van der Waals surface area contributed by atoms with Crippen molar-refractivity contribution in [3.05, 3.63) is 94.3 Å². The highest BCUT2D eigenvalue weighted by molar-refractivity contribution is 6.30. The fourth-order valence-electron chi connectivity index (χ4n) is 2.74. The smallest absolute Gasteiger partial charge is 0.411 e. The van der Waals surface area contributed by atoms with E-state index in [2.05, 4.69) is 10.3 Å². The number of hydrogen-bond acceptors (Lipinski definition) is 4. The zero-order valence-corrected chi connectivity index (χ0v) is 17.5. The number of hydrogen-bond donors (Lipinski definition) is 1. The molecule has 7 heteroatoms. The van der Waals surface area contributed by atoms with Crippen molar-refractivity contribution in [2.24, 2.45) is 0 Å². The zero-order valence-electron chi connectivity index (χ0n) is 16.8. The van der Waals surface area contributed by atoms with Gasteiger partial charge in [0.1, 0.15) is 6.61 Å². The van der Waals surface area contributed by atoms with Crippen molar-refractivity contribution in [2.45, 2.75) is 20.1 Å². The Morgan fingerprint density at radius 1 is 1.00 bits per heavy atom. The van der Waals surface area contributed by atoms with E-state index in [0.717, 1.165) is 16.8 Å². The minimum absolute atomic E-state index is 0.101. The molecule has 3 rings (SSSR count). The third kappa shape index (κ3) is 6.06. The first-order valence-electron chi connectivity index (χ1n) is 9.36. The number of nitrogens with one attached hydrogen (secondary N) is 1. The van der Waals surface area contributed by atoms with E-state index in [1.807, 2.05) is 25.1 Å². The molecule has 0 atom stereocenters. The van der Waals surface area contributed by atoms with Crippen LogP contribution in [0.15, 0.2) is 66.9 Å². The number of anilines is 1. The number of nitrogens with zero attached hydrogens (tertiary/aromatic N) is 2. The van der Waals surface area contributed by atoms with Crippen LogP contribution in [0.4, 0.5) is 10.5 Å². The lowest BCUT2D eigenvalue weighted by molar-refractivity contribution is 0.0784. The second-order valence-electron chi connectivity index (χ2n) is 6.87. The van der Waals surface area contributed by atoms with Gasteiger partial charge in [-0.25, -0.2) is 4.79 Å². The molecule has 1 heterocycles. The summed E-state index contributed by atoms with van der Waals surface area (Å²) in [7, 11) is 1.74. The number of rotatable bonds is 6. The molecule has 0 aliphatic heterocycles. The fourth-order valence-corrected chi connectivity index (χ4v) is 2.86. The molecule has 3 aromatic rings. The van der Waals surface area contributed by atoms with Gasteiger partial charge in [-0.3, -0.25) is 15.1 Å². The second-order valence-corrected chi connectivity index (χ2v) is 7.31. The van der Waals surface area contributed by atoms with Gasteiger partial charge in [-0.1, -0.05) is 35.9 Å². The van der Waals surface area contributed by atoms with Crippen LogP contribution < -0.4 is 5.32 Å². The van der Waals surface area contributed by atoms with E-state index in [0.29, 0.717) is 22.8 Å². The molecule has 30 heavy (non-hydrogen) atoms. The van der Waals surface area contributed by atoms with Crippen molar-refractivity contribution in [2.75, 3.05) is 12.4 Å². The highest BCUT2D eigenvalue weighted by atomic mass is 35.5. The Morgan fingerprint density at radius 3 is 2.30 bits per heavy atom. The van der Waals surface area contributed by atoms with Crippen LogP contribution >= 0.6 is 11.6 Å². The average molecular weight is 424 g/mol. The molecule has 0 saturated carbocycles. The van der Waals surface area contributed by atoms with Crippen LogP contribution in [-0.4, -0.2) is 28.9 Å². The van der Waals surface area contributed by atoms with Gasteiger partial charge in [0.05, 0.1) is 5.56 Å². The van der Waals surface area contributed by atoms with Crippen molar-refractivity contribution in [3.63, 3.8) is 0 Å². The van der Waals surface area contributed by atoms with E-state index in [1.165, 1.54) is 0 Å². The SMILES string of the molecule is Cc1ccc(C(=O)N(C)Cc2ccc(NC(=O)OCc3ccc(Cl)cc3)cc2)cn1. The molecular weight excluding hydrogens is 402 g/mol. The van der Waals surface area contributed by atoms with Crippen LogP contribution in [0.25, 0.3) is 0 Å². The van der Waals surface area contributed by atoms with E-state index in [4.69, 9.17) is 16.3 Å². The largest absolute Gasteiger partial charge is 0.444 e. The molecule has 0 fully saturated rings. The van der Waals surface area contributed by atoms with Gasteiger partial charge >= 0.3 is 6.09 Å². The van der Waals surface area contributed by atoms with Crippen LogP contribution in [0, 0.1) is 6.92 Å². The van der Waals surface area contributed by atoms with E-state index in [-0.39, 0.29) is 12.5 Å². The third-order valence-corrected chi connectivity index (χ3v) is 4.66. The number of pyridine rings is 1. The van der Waals surface area contributed by atoms with Gasteiger partial charge in [0, 0.05) is 36.2 Å². The Hall–Kier alpha value is -3.38. The lowest BCUT2D eigenvalue weighted by Crippen LogP contribution is -2.26. The molecule has 0 aliphatic carbocycles. The Kier molecular flexibility index (Phi) is 7.03. The van der Waals surface area contributed by atoms with E-state index in [1.54, 1.807) is 60.6 Å². The van der Waals surface area contributed by atoms with Crippen molar-refractivity contribution in [1.82, 2.24) is 9.88 Å². The molecule has 1 N–H and O–H groups in total. The Labute approximate surface area is 180 Å². The number of halogens is 1. The molecule has 0 spiro atoms. The maximum atomic E-state index is 12.5. The molecule has 2 aromatic carbocycles. The Balaban J connectivity index is 1.50. The molecule has 0 unspecified atom stereocenters. The monoisotopic (exact) mass is 423 g/mol. The predicted octanol–water partition coefficient (Wildman–Crippen LogP) is 5.06. The highest BCUT2D eigenvalue weighted by Crippen LogP contribution is 2.14. The van der Waals surface area contributed by atoms with Gasteiger partial charge in [-0.05, 0) is 54.4 Å². The molecule has 154 valence electrons. The molecule has 0 radical (unpaired) electrons. The maximum absolute atomic E-state index is 12.5. The predicted molar refractivity (Wildman–Crippen MR) is 116 cm³/mol. The summed E-state index contributed by atoms with van der Waals surface area (Å²) in [6, 6.07) is 17.9. The lowest BCUT2D eigenvalue weighted by atomic mass is 10.1. The van der Waals surface area contributed by atoms with Gasteiger partial charge in [0.25, 0.3) is 5.91 Å². The Bertz CT molecular complexity index is 1000. The molecular formula is C23H22ClN3O3. The summed E-state index contributed by atoms with van der Waals surface area (Å²) in [6.07, 6.45) is 1.04. The van der Waals surface area contributed by atoms with Crippen molar-refractivity contribution >= 4 is 29.3 Å². The molecule has 1 aromatic heterocycles. The van der Waals surface area contributed by atoms with Crippen LogP contribution in [0.2, 0.25) is 5.02 Å². The third-order valence-electron chi connectivity index (χ3n) is 4.41. The zero-order chi connectivity index (χ0) is 21.5. The Morgan fingerprint density at radius 2 is 1.67 bits per heavy atom. The van der Waals surface area contributed by atoms with Gasteiger partial charge in [-0.15, -0.1) is 0 Å². The first-order chi connectivity index (χ1) is 14.4. The van der Waals surface area contributed by atoms with Crippen molar-refractivity contribution in [3.8, 4) is 0 Å². The average Bonchev–Trinajstić information content (AvgIpc) is 2.75. The summed E-state index contributed by atoms with van der Waals surface area (Å²) >= 11 is 5.84. The highest BCUT2D eigenvalue weighted by Gasteiger charge is 2.12. The minimum atomic E-state index is -0.545. The summed E-state index contributed by atoms with van der Waals surface area (Å²) in [5.74, 6) is -0.101. The summed E-state index contributed by atoms with van der Waals surface area (Å²) in [5, 5.41) is 3.31. The molecule has 0 aliphatic rings. The quantitative estimate of drug-likeness (QED) is 0.601. The summed E-state index contributed by atoms with van der Waals surface area (Å²) in [4.78, 5) is 30.2. The van der Waals surface area contributed by atoms with Gasteiger partial charge in [0.15, 0.2) is 0 Å². The molecule has 2 amide bonds. The molecule has 0 saturated heterocycles. The van der Waals surface area contributed by atoms with Crippen LogP contribution in [0.1, 0.15) is 27.2 Å². The normalized spacial score (nSPS) is 10.4. The summed E-state index contributed by atoms with van der Waals surface area (Å²) < 4.78 is 5.20. The number of benzene rings is 2. The number of aromatic nitrogens is 1. The molecule has 6 nitrogen and oxygen atoms in total. The van der Waals surface area contributed by atoms with Gasteiger partial charge in [0.2, 0.25) is 0 Å². The summed E-state index contributed by atoms with van der Waals surface area (Å²) in [5.41, 5.74) is 3.80. The van der Waals surface area contributed by atoms with Gasteiger partial charge in [-0.2, -0.15) is 0 Å². The standard InChI is InChI=1S/C23H22ClN3O3/c1-16-3-8-19(13-25-16)22(28)27(2)14-17-6-11-21(12-7-17)26-23(29)30-15-18-4-9-20(24)10-5-18/h3-13H,14-15H2,1-2H3,(H,26,29). The number of ether oxygens (including phenoxy) is 1. The van der Waals surface area contributed by atoms with E-state index < -0.39 is 6.09 Å². The maximum Gasteiger partial charge on any atom is 0.411 e. The topological polar surface area (TPSA) is 71.5 Å². The minimum Gasteiger partial charge on any atom is -0.444 e.